The lowest BCUT2D eigenvalue weighted by Crippen LogP contribution is -2.02. The van der Waals surface area contributed by atoms with Crippen LogP contribution < -0.4 is 0 Å². The van der Waals surface area contributed by atoms with Gasteiger partial charge in [-0.15, -0.1) is 0 Å². The number of sulfone groups is 1. The van der Waals surface area contributed by atoms with Crippen molar-refractivity contribution in [2.45, 2.75) is 5.75 Å². The minimum absolute atomic E-state index is 0.131. The highest BCUT2D eigenvalue weighted by atomic mass is 32.2. The second-order valence-electron chi connectivity index (χ2n) is 5.90. The summed E-state index contributed by atoms with van der Waals surface area (Å²) in [5.41, 5.74) is 3.04. The fourth-order valence-corrected chi connectivity index (χ4v) is 3.26. The molecule has 0 radical (unpaired) electrons. The molecule has 4 aromatic rings. The van der Waals surface area contributed by atoms with E-state index in [0.29, 0.717) is 5.56 Å². The Labute approximate surface area is 149 Å². The number of hydrogen-bond donors (Lipinski definition) is 0. The zero-order chi connectivity index (χ0) is 18.1. The van der Waals surface area contributed by atoms with Crippen LogP contribution in [0.25, 0.3) is 33.6 Å². The van der Waals surface area contributed by atoms with E-state index >= 15 is 0 Å². The number of rotatable bonds is 4. The Morgan fingerprint density at radius 1 is 1.08 bits per heavy atom. The predicted molar refractivity (Wildman–Crippen MR) is 96.8 cm³/mol. The van der Waals surface area contributed by atoms with Crippen LogP contribution in [0, 0.1) is 0 Å². The first kappa shape index (κ1) is 16.3. The zero-order valence-electron chi connectivity index (χ0n) is 13.8. The van der Waals surface area contributed by atoms with Crippen LogP contribution in [0.3, 0.4) is 0 Å². The van der Waals surface area contributed by atoms with Crippen LogP contribution in [0.5, 0.6) is 0 Å². The van der Waals surface area contributed by atoms with Gasteiger partial charge in [0.15, 0.2) is 15.7 Å². The summed E-state index contributed by atoms with van der Waals surface area (Å²) >= 11 is 0. The van der Waals surface area contributed by atoms with E-state index in [9.17, 15) is 8.42 Å². The van der Waals surface area contributed by atoms with Crippen molar-refractivity contribution in [3.05, 3.63) is 60.7 Å². The molecule has 0 N–H and O–H groups in total. The fourth-order valence-electron chi connectivity index (χ4n) is 2.67. The maximum Gasteiger partial charge on any atom is 0.258 e. The molecule has 7 nitrogen and oxygen atoms in total. The van der Waals surface area contributed by atoms with Crippen LogP contribution >= 0.6 is 0 Å². The number of benzene rings is 1. The molecule has 0 unspecified atom stereocenters. The quantitative estimate of drug-likeness (QED) is 0.547. The van der Waals surface area contributed by atoms with Crippen LogP contribution in [0.15, 0.2) is 59.4 Å². The molecule has 3 aromatic heterocycles. The number of fused-ring (bicyclic) bond motifs is 1. The molecule has 0 bridgehead atoms. The van der Waals surface area contributed by atoms with Gasteiger partial charge in [-0.2, -0.15) is 4.98 Å². The molecule has 3 heterocycles. The Balaban J connectivity index is 1.89. The van der Waals surface area contributed by atoms with Crippen LogP contribution in [0.4, 0.5) is 0 Å². The van der Waals surface area contributed by atoms with Crippen molar-refractivity contribution in [1.29, 1.82) is 0 Å². The second-order valence-corrected chi connectivity index (χ2v) is 8.04. The predicted octanol–water partition coefficient (Wildman–Crippen LogP) is 2.89. The molecule has 0 fully saturated rings. The minimum Gasteiger partial charge on any atom is -0.334 e. The third-order valence-electron chi connectivity index (χ3n) is 3.76. The van der Waals surface area contributed by atoms with Crippen molar-refractivity contribution < 1.29 is 12.9 Å². The van der Waals surface area contributed by atoms with Crippen LogP contribution in [-0.2, 0) is 15.6 Å². The van der Waals surface area contributed by atoms with Gasteiger partial charge in [0.2, 0.25) is 0 Å². The molecular weight excluding hydrogens is 352 g/mol. The van der Waals surface area contributed by atoms with Crippen LogP contribution in [0.1, 0.15) is 5.82 Å². The molecule has 1 aromatic carbocycles. The maximum atomic E-state index is 11.5. The van der Waals surface area contributed by atoms with Gasteiger partial charge in [0.1, 0.15) is 5.75 Å². The van der Waals surface area contributed by atoms with E-state index < -0.39 is 9.84 Å². The van der Waals surface area contributed by atoms with Gasteiger partial charge in [-0.05, 0) is 24.3 Å². The average Bonchev–Trinajstić information content (AvgIpc) is 3.08. The van der Waals surface area contributed by atoms with E-state index in [2.05, 4.69) is 20.1 Å². The van der Waals surface area contributed by atoms with Crippen LogP contribution in [-0.4, -0.2) is 34.8 Å². The zero-order valence-corrected chi connectivity index (χ0v) is 14.6. The second kappa shape index (κ2) is 6.30. The van der Waals surface area contributed by atoms with Gasteiger partial charge in [-0.3, -0.25) is 4.98 Å². The Bertz CT molecular complexity index is 1190. The first-order valence-corrected chi connectivity index (χ1v) is 9.86. The molecule has 0 aliphatic rings. The third-order valence-corrected chi connectivity index (χ3v) is 4.55. The van der Waals surface area contributed by atoms with E-state index in [1.165, 1.54) is 0 Å². The van der Waals surface area contributed by atoms with E-state index in [-0.39, 0.29) is 17.5 Å². The van der Waals surface area contributed by atoms with Crippen molar-refractivity contribution in [2.24, 2.45) is 0 Å². The summed E-state index contributed by atoms with van der Waals surface area (Å²) in [6, 6.07) is 13.2. The third kappa shape index (κ3) is 3.31. The smallest absolute Gasteiger partial charge is 0.258 e. The highest BCUT2D eigenvalue weighted by molar-refractivity contribution is 7.89. The van der Waals surface area contributed by atoms with Crippen molar-refractivity contribution >= 4 is 20.7 Å². The van der Waals surface area contributed by atoms with Crippen molar-refractivity contribution in [1.82, 2.24) is 20.1 Å². The summed E-state index contributed by atoms with van der Waals surface area (Å²) in [5.74, 6) is 0.119. The van der Waals surface area contributed by atoms with E-state index in [0.717, 1.165) is 28.4 Å². The standard InChI is InChI=1S/C18H14N4O3S/c1-26(23,24)11-17-21-18(25-22-17)14-9-16(12-5-4-8-19-10-12)20-15-7-3-2-6-13(14)15/h2-10H,11H2,1H3. The molecule has 0 aliphatic heterocycles. The van der Waals surface area contributed by atoms with Crippen molar-refractivity contribution in [3.63, 3.8) is 0 Å². The number of nitrogens with zero attached hydrogens (tertiary/aromatic N) is 4. The summed E-state index contributed by atoms with van der Waals surface area (Å²) in [5, 5.41) is 4.63. The molecule has 0 spiro atoms. The van der Waals surface area contributed by atoms with Gasteiger partial charge in [0.25, 0.3) is 5.89 Å². The van der Waals surface area contributed by atoms with Gasteiger partial charge >= 0.3 is 0 Å². The molecule has 130 valence electrons. The van der Waals surface area contributed by atoms with Crippen LogP contribution in [0.2, 0.25) is 0 Å². The van der Waals surface area contributed by atoms with E-state index in [1.54, 1.807) is 12.4 Å². The molecule has 26 heavy (non-hydrogen) atoms. The Kier molecular flexibility index (Phi) is 3.96. The Hall–Kier alpha value is -3.13. The van der Waals surface area contributed by atoms with E-state index in [4.69, 9.17) is 4.52 Å². The number of para-hydroxylation sites is 1. The number of hydrogen-bond acceptors (Lipinski definition) is 7. The monoisotopic (exact) mass is 366 g/mol. The first-order chi connectivity index (χ1) is 12.5. The van der Waals surface area contributed by atoms with Gasteiger partial charge in [0.05, 0.1) is 16.8 Å². The Morgan fingerprint density at radius 2 is 1.92 bits per heavy atom. The minimum atomic E-state index is -3.25. The summed E-state index contributed by atoms with van der Waals surface area (Å²) in [4.78, 5) is 13.1. The first-order valence-electron chi connectivity index (χ1n) is 7.80. The summed E-state index contributed by atoms with van der Waals surface area (Å²) in [7, 11) is -3.25. The lowest BCUT2D eigenvalue weighted by molar-refractivity contribution is 0.425. The van der Waals surface area contributed by atoms with Gasteiger partial charge in [0, 0.05) is 29.6 Å². The lowest BCUT2D eigenvalue weighted by Gasteiger charge is -2.07. The SMILES string of the molecule is CS(=O)(=O)Cc1noc(-c2cc(-c3cccnc3)nc3ccccc23)n1. The summed E-state index contributed by atoms with van der Waals surface area (Å²) in [6.07, 6.45) is 4.55. The highest BCUT2D eigenvalue weighted by Gasteiger charge is 2.17. The fraction of sp³-hybridized carbons (Fsp3) is 0.111. The molecule has 4 rings (SSSR count). The molecule has 0 saturated heterocycles. The Morgan fingerprint density at radius 3 is 2.69 bits per heavy atom. The van der Waals surface area contributed by atoms with Crippen molar-refractivity contribution in [2.75, 3.05) is 6.26 Å². The normalized spacial score (nSPS) is 11.7. The number of pyridine rings is 2. The molecular formula is C18H14N4O3S. The molecule has 0 atom stereocenters. The molecule has 0 amide bonds. The maximum absolute atomic E-state index is 11.5. The summed E-state index contributed by atoms with van der Waals surface area (Å²) in [6.45, 7) is 0. The van der Waals surface area contributed by atoms with Gasteiger partial charge in [-0.25, -0.2) is 13.4 Å². The van der Waals surface area contributed by atoms with Gasteiger partial charge in [-0.1, -0.05) is 23.4 Å². The molecule has 0 aliphatic carbocycles. The number of aromatic nitrogens is 4. The van der Waals surface area contributed by atoms with Gasteiger partial charge < -0.3 is 4.52 Å². The topological polar surface area (TPSA) is 98.8 Å². The average molecular weight is 366 g/mol. The van der Waals surface area contributed by atoms with Crippen molar-refractivity contribution in [3.8, 4) is 22.7 Å². The summed E-state index contributed by atoms with van der Waals surface area (Å²) < 4.78 is 28.2. The largest absolute Gasteiger partial charge is 0.334 e. The molecule has 0 saturated carbocycles. The lowest BCUT2D eigenvalue weighted by atomic mass is 10.0. The molecule has 8 heteroatoms. The highest BCUT2D eigenvalue weighted by Crippen LogP contribution is 2.31. The van der Waals surface area contributed by atoms with E-state index in [1.807, 2.05) is 42.5 Å².